The van der Waals surface area contributed by atoms with Gasteiger partial charge in [-0.2, -0.15) is 0 Å². The summed E-state index contributed by atoms with van der Waals surface area (Å²) in [6.45, 7) is 0. The first kappa shape index (κ1) is 29.9. The fraction of sp³-hybridized carbons (Fsp3) is 0. The molecule has 10 valence electrons. The van der Waals surface area contributed by atoms with Gasteiger partial charge in [-0.05, 0) is 0 Å². The van der Waals surface area contributed by atoms with Gasteiger partial charge in [-0.1, -0.05) is 0 Å². The summed E-state index contributed by atoms with van der Waals surface area (Å²) in [5, 5.41) is 0. The fourth-order valence-electron chi connectivity index (χ4n) is 0. The van der Waals surface area contributed by atoms with E-state index >= 15 is 0 Å². The Morgan fingerprint density at radius 1 is 1.00 bits per heavy atom. The van der Waals surface area contributed by atoms with Crippen LogP contribution in [-0.4, -0.2) is 17.4 Å². The van der Waals surface area contributed by atoms with Crippen LogP contribution in [0.25, 0.3) is 0 Å². The molecule has 0 aromatic carbocycles. The molecule has 4 heteroatoms. The summed E-state index contributed by atoms with van der Waals surface area (Å²) in [4.78, 5) is 0. The van der Waals surface area contributed by atoms with Crippen molar-refractivity contribution < 1.29 is 67.1 Å². The van der Waals surface area contributed by atoms with Crippen LogP contribution in [0, 0.1) is 0 Å². The van der Waals surface area contributed by atoms with Crippen LogP contribution in [0.2, 0.25) is 0 Å². The molecule has 0 fully saturated rings. The van der Waals surface area contributed by atoms with E-state index in [0.29, 0.717) is 0 Å². The summed E-state index contributed by atoms with van der Waals surface area (Å²) < 4.78 is 0. The summed E-state index contributed by atoms with van der Waals surface area (Å²) in [5.74, 6) is 0. The molecule has 0 atom stereocenters. The maximum atomic E-state index is 0. The van der Waals surface area contributed by atoms with Crippen molar-refractivity contribution in [3.8, 4) is 0 Å². The SMILES string of the molecule is [Al+3].[Cr+2].[Fe+2].[Y+3]. The Balaban J connectivity index is 0. The number of hydrogen-bond donors (Lipinski definition) is 0. The zero-order chi connectivity index (χ0) is 0. The molecule has 0 saturated heterocycles. The summed E-state index contributed by atoms with van der Waals surface area (Å²) in [6, 6.07) is 0. The quantitative estimate of drug-likeness (QED) is 0.491. The van der Waals surface area contributed by atoms with Gasteiger partial charge in [0.1, 0.15) is 0 Å². The first-order valence-corrected chi connectivity index (χ1v) is 0. The molecule has 4 heavy (non-hydrogen) atoms. The van der Waals surface area contributed by atoms with Crippen LogP contribution in [0.4, 0.5) is 0 Å². The Morgan fingerprint density at radius 3 is 1.00 bits per heavy atom. The molecule has 0 heterocycles. The van der Waals surface area contributed by atoms with Crippen molar-refractivity contribution in [3.63, 3.8) is 0 Å². The minimum Gasteiger partial charge on any atom is 2.00 e. The van der Waals surface area contributed by atoms with Crippen molar-refractivity contribution >= 4 is 17.4 Å². The van der Waals surface area contributed by atoms with E-state index in [-0.39, 0.29) is 84.5 Å². The van der Waals surface area contributed by atoms with Gasteiger partial charge in [-0.3, -0.25) is 0 Å². The van der Waals surface area contributed by atoms with Crippen molar-refractivity contribution in [1.82, 2.24) is 0 Å². The van der Waals surface area contributed by atoms with Crippen LogP contribution in [0.15, 0.2) is 0 Å². The van der Waals surface area contributed by atoms with Crippen LogP contribution in [0.1, 0.15) is 0 Å². The Labute approximate surface area is 83.1 Å². The van der Waals surface area contributed by atoms with E-state index in [9.17, 15) is 0 Å². The minimum atomic E-state index is 0. The molecule has 0 rings (SSSR count). The predicted octanol–water partition coefficient (Wildman–Crippen LogP) is -0.388. The second-order valence-electron chi connectivity index (χ2n) is 0. The Kier molecular flexibility index (Phi) is 130. The molecular weight excluding hydrogens is 224 g/mol. The van der Waals surface area contributed by atoms with Gasteiger partial charge in [0.05, 0.1) is 0 Å². The third kappa shape index (κ3) is 8.82. The van der Waals surface area contributed by atoms with Crippen molar-refractivity contribution in [1.29, 1.82) is 0 Å². The molecule has 0 N–H and O–H groups in total. The zero-order valence-corrected chi connectivity index (χ0v) is 8.29. The zero-order valence-electron chi connectivity index (χ0n) is 1.92. The van der Waals surface area contributed by atoms with Crippen LogP contribution in [0.5, 0.6) is 0 Å². The molecule has 0 bridgehead atoms. The monoisotopic (exact) mass is 224 g/mol. The third-order valence-electron chi connectivity index (χ3n) is 0. The van der Waals surface area contributed by atoms with Gasteiger partial charge in [0.2, 0.25) is 0 Å². The maximum absolute atomic E-state index is 0. The van der Waals surface area contributed by atoms with E-state index in [0.717, 1.165) is 0 Å². The number of rotatable bonds is 0. The van der Waals surface area contributed by atoms with E-state index in [1.807, 2.05) is 0 Å². The predicted molar refractivity (Wildman–Crippen MR) is 5.75 cm³/mol. The average molecular weight is 224 g/mol. The van der Waals surface area contributed by atoms with Crippen LogP contribution in [-0.2, 0) is 67.1 Å². The summed E-state index contributed by atoms with van der Waals surface area (Å²) in [6.07, 6.45) is 0. The van der Waals surface area contributed by atoms with E-state index in [4.69, 9.17) is 0 Å². The Hall–Kier alpha value is 2.69. The van der Waals surface area contributed by atoms with Crippen LogP contribution < -0.4 is 0 Å². The summed E-state index contributed by atoms with van der Waals surface area (Å²) in [7, 11) is 0. The average Bonchev–Trinajstić information content (AvgIpc) is 0. The van der Waals surface area contributed by atoms with Crippen LogP contribution >= 0.6 is 0 Å². The van der Waals surface area contributed by atoms with E-state index < -0.39 is 0 Å². The fourth-order valence-corrected chi connectivity index (χ4v) is 0. The van der Waals surface area contributed by atoms with Crippen molar-refractivity contribution in [2.24, 2.45) is 0 Å². The van der Waals surface area contributed by atoms with E-state index in [1.165, 1.54) is 0 Å². The first-order valence-electron chi connectivity index (χ1n) is 0. The largest absolute Gasteiger partial charge is 3.00 e. The van der Waals surface area contributed by atoms with Crippen molar-refractivity contribution in [3.05, 3.63) is 0 Å². The molecule has 0 aliphatic carbocycles. The molecule has 0 aromatic rings. The second-order valence-corrected chi connectivity index (χ2v) is 0. The molecule has 0 saturated carbocycles. The molecule has 0 aliphatic heterocycles. The molecular formula is AlCrFeY+10. The Bertz CT molecular complexity index is 8.00. The van der Waals surface area contributed by atoms with Gasteiger partial charge in [-0.15, -0.1) is 0 Å². The third-order valence-corrected chi connectivity index (χ3v) is 0. The molecule has 0 spiro atoms. The molecule has 0 unspecified atom stereocenters. The smallest absolute Gasteiger partial charge is 2.00 e. The minimum absolute atomic E-state index is 0. The van der Waals surface area contributed by atoms with Gasteiger partial charge in [0, 0.05) is 0 Å². The van der Waals surface area contributed by atoms with E-state index in [1.54, 1.807) is 0 Å². The standard InChI is InChI=1S/Al.Cr.Fe.Y/q+3;2*+2;+3. The Morgan fingerprint density at radius 2 is 1.00 bits per heavy atom. The number of hydrogen-bond acceptors (Lipinski definition) is 0. The first-order chi connectivity index (χ1) is 0. The molecule has 0 radical (unpaired) electrons. The van der Waals surface area contributed by atoms with Gasteiger partial charge in [0.25, 0.3) is 0 Å². The normalized spacial score (nSPS) is 0. The van der Waals surface area contributed by atoms with Crippen molar-refractivity contribution in [2.75, 3.05) is 0 Å². The molecule has 0 aromatic heterocycles. The summed E-state index contributed by atoms with van der Waals surface area (Å²) >= 11 is 0. The topological polar surface area (TPSA) is 0 Å². The van der Waals surface area contributed by atoms with Gasteiger partial charge in [0.15, 0.2) is 0 Å². The molecule has 0 aliphatic rings. The van der Waals surface area contributed by atoms with Gasteiger partial charge in [-0.25, -0.2) is 0 Å². The molecule has 0 nitrogen and oxygen atoms in total. The maximum Gasteiger partial charge on any atom is 3.00 e. The van der Waals surface area contributed by atoms with Crippen molar-refractivity contribution in [2.45, 2.75) is 0 Å². The van der Waals surface area contributed by atoms with Crippen LogP contribution in [0.3, 0.4) is 0 Å². The molecule has 0 amide bonds. The van der Waals surface area contributed by atoms with E-state index in [2.05, 4.69) is 0 Å². The summed E-state index contributed by atoms with van der Waals surface area (Å²) in [5.41, 5.74) is 0. The van der Waals surface area contributed by atoms with Gasteiger partial charge >= 0.3 is 84.5 Å². The van der Waals surface area contributed by atoms with Gasteiger partial charge < -0.3 is 0 Å². The second kappa shape index (κ2) is 17.3.